The van der Waals surface area contributed by atoms with Crippen molar-refractivity contribution in [2.75, 3.05) is 19.6 Å². The Balaban J connectivity index is 0. The molecule has 0 atom stereocenters. The fourth-order valence-electron chi connectivity index (χ4n) is 0.587. The molecule has 0 aliphatic carbocycles. The fraction of sp³-hybridized carbons (Fsp3) is 0.833. The van der Waals surface area contributed by atoms with Crippen molar-refractivity contribution in [2.45, 2.75) is 13.8 Å². The Morgan fingerprint density at radius 1 is 1.33 bits per heavy atom. The van der Waals surface area contributed by atoms with E-state index < -0.39 is 0 Å². The second kappa shape index (κ2) is 8.89. The van der Waals surface area contributed by atoms with E-state index in [0.29, 0.717) is 6.54 Å². The Hall–Kier alpha value is 0.890. The standard InChI is InChI=1S/C6H13NO.Ca.2H/c1-3-7(4-2)5-6-8;;;/h6H,3-5H2,1-2H3;;;. The van der Waals surface area contributed by atoms with Crippen LogP contribution in [0, 0.1) is 0 Å². The minimum atomic E-state index is 0. The normalized spacial score (nSPS) is 8.78. The minimum absolute atomic E-state index is 0. The molecule has 0 aromatic heterocycles. The molecule has 0 saturated heterocycles. The number of carbonyl (C=O) groups excluding carboxylic acids is 1. The van der Waals surface area contributed by atoms with Crippen molar-refractivity contribution in [1.82, 2.24) is 4.90 Å². The Labute approximate surface area is 86.6 Å². The molecule has 0 saturated carbocycles. The Morgan fingerprint density at radius 2 is 1.78 bits per heavy atom. The van der Waals surface area contributed by atoms with Crippen LogP contribution in [0.5, 0.6) is 0 Å². The molecule has 0 aromatic carbocycles. The number of aldehydes is 1. The Morgan fingerprint density at radius 3 is 1.89 bits per heavy atom. The maximum absolute atomic E-state index is 9.89. The van der Waals surface area contributed by atoms with E-state index in [1.54, 1.807) is 0 Å². The topological polar surface area (TPSA) is 20.3 Å². The summed E-state index contributed by atoms with van der Waals surface area (Å²) in [6.45, 7) is 6.61. The summed E-state index contributed by atoms with van der Waals surface area (Å²) < 4.78 is 0. The first-order chi connectivity index (χ1) is 3.85. The molecule has 3 heteroatoms. The van der Waals surface area contributed by atoms with Crippen LogP contribution >= 0.6 is 0 Å². The van der Waals surface area contributed by atoms with E-state index >= 15 is 0 Å². The number of rotatable bonds is 4. The first kappa shape index (κ1) is 12.6. The summed E-state index contributed by atoms with van der Waals surface area (Å²) in [5, 5.41) is 0. The zero-order valence-corrected chi connectivity index (χ0v) is 5.55. The number of carbonyl (C=O) groups is 1. The summed E-state index contributed by atoms with van der Waals surface area (Å²) in [6.07, 6.45) is 0.938. The van der Waals surface area contributed by atoms with Gasteiger partial charge in [-0.1, -0.05) is 13.8 Å². The molecule has 0 rings (SSSR count). The third-order valence-electron chi connectivity index (χ3n) is 1.23. The van der Waals surface area contributed by atoms with Gasteiger partial charge in [0.1, 0.15) is 6.29 Å². The number of hydrogen-bond donors (Lipinski definition) is 0. The molecule has 0 unspecified atom stereocenters. The SMILES string of the molecule is CCN(CC)CC=O.[CaH2]. The van der Waals surface area contributed by atoms with Crippen LogP contribution < -0.4 is 0 Å². The van der Waals surface area contributed by atoms with Crippen molar-refractivity contribution < 1.29 is 4.79 Å². The molecule has 0 N–H and O–H groups in total. The zero-order chi connectivity index (χ0) is 6.41. The number of likely N-dealkylation sites (N-methyl/N-ethyl adjacent to an activating group) is 1. The van der Waals surface area contributed by atoms with E-state index in [1.165, 1.54) is 0 Å². The van der Waals surface area contributed by atoms with Crippen molar-refractivity contribution in [3.63, 3.8) is 0 Å². The maximum atomic E-state index is 9.89. The molecule has 0 radical (unpaired) electrons. The van der Waals surface area contributed by atoms with Crippen LogP contribution in [-0.2, 0) is 4.79 Å². The van der Waals surface area contributed by atoms with Crippen molar-refractivity contribution in [3.8, 4) is 0 Å². The van der Waals surface area contributed by atoms with Gasteiger partial charge in [-0.05, 0) is 13.1 Å². The number of hydrogen-bond acceptors (Lipinski definition) is 2. The molecule has 0 heterocycles. The summed E-state index contributed by atoms with van der Waals surface area (Å²) >= 11 is 0. The van der Waals surface area contributed by atoms with Crippen LogP contribution in [0.3, 0.4) is 0 Å². The molecule has 0 aromatic rings. The summed E-state index contributed by atoms with van der Waals surface area (Å²) in [6, 6.07) is 0. The average molecular weight is 157 g/mol. The molecule has 0 fully saturated rings. The van der Waals surface area contributed by atoms with Gasteiger partial charge in [-0.15, -0.1) is 0 Å². The van der Waals surface area contributed by atoms with Gasteiger partial charge >= 0.3 is 37.7 Å². The Bertz CT molecular complexity index is 64.1. The van der Waals surface area contributed by atoms with Gasteiger partial charge in [0.25, 0.3) is 0 Å². The molecule has 9 heavy (non-hydrogen) atoms. The first-order valence-electron chi connectivity index (χ1n) is 3.01. The molecule has 0 bridgehead atoms. The van der Waals surface area contributed by atoms with Crippen molar-refractivity contribution in [1.29, 1.82) is 0 Å². The van der Waals surface area contributed by atoms with Gasteiger partial charge in [0, 0.05) is 0 Å². The van der Waals surface area contributed by atoms with Crippen molar-refractivity contribution >= 4 is 44.0 Å². The predicted molar refractivity (Wildman–Crippen MR) is 42.4 cm³/mol. The van der Waals surface area contributed by atoms with E-state index in [-0.39, 0.29) is 37.7 Å². The van der Waals surface area contributed by atoms with E-state index in [2.05, 4.69) is 4.90 Å². The van der Waals surface area contributed by atoms with Gasteiger partial charge in [0.2, 0.25) is 0 Å². The summed E-state index contributed by atoms with van der Waals surface area (Å²) in [7, 11) is 0. The van der Waals surface area contributed by atoms with Crippen molar-refractivity contribution in [3.05, 3.63) is 0 Å². The van der Waals surface area contributed by atoms with Crippen LogP contribution in [-0.4, -0.2) is 68.6 Å². The monoisotopic (exact) mass is 157 g/mol. The van der Waals surface area contributed by atoms with Crippen LogP contribution in [0.25, 0.3) is 0 Å². The molecule has 2 nitrogen and oxygen atoms in total. The molecule has 0 aliphatic heterocycles. The van der Waals surface area contributed by atoms with Gasteiger partial charge < -0.3 is 4.79 Å². The van der Waals surface area contributed by atoms with Gasteiger partial charge in [-0.25, -0.2) is 0 Å². The van der Waals surface area contributed by atoms with Crippen molar-refractivity contribution in [2.24, 2.45) is 0 Å². The zero-order valence-electron chi connectivity index (χ0n) is 5.55. The third kappa shape index (κ3) is 6.78. The van der Waals surface area contributed by atoms with E-state index in [9.17, 15) is 4.79 Å². The number of nitrogens with zero attached hydrogens (tertiary/aromatic N) is 1. The van der Waals surface area contributed by atoms with E-state index in [0.717, 1.165) is 19.4 Å². The van der Waals surface area contributed by atoms with Gasteiger partial charge in [-0.3, -0.25) is 4.90 Å². The van der Waals surface area contributed by atoms with Crippen LogP contribution in [0.2, 0.25) is 0 Å². The van der Waals surface area contributed by atoms with E-state index in [4.69, 9.17) is 0 Å². The van der Waals surface area contributed by atoms with Gasteiger partial charge in [-0.2, -0.15) is 0 Å². The second-order valence-corrected chi connectivity index (χ2v) is 1.65. The van der Waals surface area contributed by atoms with Gasteiger partial charge in [0.05, 0.1) is 6.54 Å². The summed E-state index contributed by atoms with van der Waals surface area (Å²) in [4.78, 5) is 12.0. The molecule has 52 valence electrons. The fourth-order valence-corrected chi connectivity index (χ4v) is 0.587. The quantitative estimate of drug-likeness (QED) is 0.409. The average Bonchev–Trinajstić information content (AvgIpc) is 1.83. The van der Waals surface area contributed by atoms with Crippen LogP contribution in [0.15, 0.2) is 0 Å². The predicted octanol–water partition coefficient (Wildman–Crippen LogP) is -0.389. The summed E-state index contributed by atoms with van der Waals surface area (Å²) in [5.74, 6) is 0. The van der Waals surface area contributed by atoms with Gasteiger partial charge in [0.15, 0.2) is 0 Å². The first-order valence-corrected chi connectivity index (χ1v) is 3.01. The molecular formula is C6H15CaNO. The van der Waals surface area contributed by atoms with E-state index in [1.807, 2.05) is 13.8 Å². The molecule has 0 amide bonds. The Kier molecular flexibility index (Phi) is 12.4. The second-order valence-electron chi connectivity index (χ2n) is 1.65. The van der Waals surface area contributed by atoms with Crippen LogP contribution in [0.4, 0.5) is 0 Å². The molecular weight excluding hydrogens is 142 g/mol. The molecule has 0 aliphatic rings. The third-order valence-corrected chi connectivity index (χ3v) is 1.23. The molecule has 0 spiro atoms. The summed E-state index contributed by atoms with van der Waals surface area (Å²) in [5.41, 5.74) is 0. The van der Waals surface area contributed by atoms with Crippen LogP contribution in [0.1, 0.15) is 13.8 Å².